The number of nitrogens with zero attached hydrogens (tertiary/aromatic N) is 1. The summed E-state index contributed by atoms with van der Waals surface area (Å²) in [6, 6.07) is 12.2. The van der Waals surface area contributed by atoms with Crippen LogP contribution < -0.4 is 10.2 Å². The monoisotopic (exact) mass is 381 g/mol. The van der Waals surface area contributed by atoms with Gasteiger partial charge >= 0.3 is 7.12 Å². The van der Waals surface area contributed by atoms with Crippen LogP contribution in [0.1, 0.15) is 52.5 Å². The van der Waals surface area contributed by atoms with E-state index in [1.165, 1.54) is 18.2 Å². The normalized spacial score (nSPS) is 18.0. The maximum atomic E-state index is 13.2. The first-order chi connectivity index (χ1) is 13.3. The van der Waals surface area contributed by atoms with Gasteiger partial charge in [0.1, 0.15) is 12.0 Å². The maximum Gasteiger partial charge on any atom is 0.489 e. The highest BCUT2D eigenvalue weighted by molar-refractivity contribution is 6.60. The van der Waals surface area contributed by atoms with Gasteiger partial charge in [0.15, 0.2) is 0 Å². The van der Waals surface area contributed by atoms with Crippen LogP contribution in [0.2, 0.25) is 0 Å². The molecule has 1 atom stereocenters. The lowest BCUT2D eigenvalue weighted by atomic mass is 9.76. The molecule has 2 aromatic carbocycles. The van der Waals surface area contributed by atoms with Crippen molar-refractivity contribution >= 4 is 24.8 Å². The standard InChI is InChI=1S/C21H24BNO5/c1-21(2)18(14-5-4-6-17(12-14)28-3)9-10-23(21)20(25)15-7-8-19(22(26)27)16(11-15)13-24/h4-8,11-13,18,26-27H,9-10H2,1-3H3. The van der Waals surface area contributed by atoms with Gasteiger partial charge in [-0.3, -0.25) is 9.59 Å². The smallest absolute Gasteiger partial charge is 0.489 e. The Labute approximate surface area is 164 Å². The van der Waals surface area contributed by atoms with Crippen molar-refractivity contribution in [2.75, 3.05) is 13.7 Å². The summed E-state index contributed by atoms with van der Waals surface area (Å²) < 4.78 is 5.33. The summed E-state index contributed by atoms with van der Waals surface area (Å²) in [6.07, 6.45) is 1.35. The molecule has 7 heteroatoms. The molecule has 1 heterocycles. The van der Waals surface area contributed by atoms with Gasteiger partial charge in [0.2, 0.25) is 0 Å². The van der Waals surface area contributed by atoms with Crippen molar-refractivity contribution < 1.29 is 24.4 Å². The van der Waals surface area contributed by atoms with Crippen LogP contribution in [0.3, 0.4) is 0 Å². The molecule has 1 amide bonds. The average Bonchev–Trinajstić information content (AvgIpc) is 3.01. The molecular weight excluding hydrogens is 357 g/mol. The van der Waals surface area contributed by atoms with Gasteiger partial charge in [-0.05, 0) is 55.6 Å². The summed E-state index contributed by atoms with van der Waals surface area (Å²) in [5.41, 5.74) is 1.22. The minimum Gasteiger partial charge on any atom is -0.497 e. The average molecular weight is 381 g/mol. The van der Waals surface area contributed by atoms with Gasteiger partial charge < -0.3 is 19.7 Å². The van der Waals surface area contributed by atoms with Crippen molar-refractivity contribution in [1.29, 1.82) is 0 Å². The minimum atomic E-state index is -1.76. The van der Waals surface area contributed by atoms with Crippen LogP contribution in [-0.2, 0) is 0 Å². The van der Waals surface area contributed by atoms with Gasteiger partial charge in [-0.1, -0.05) is 18.2 Å². The molecule has 0 aromatic heterocycles. The van der Waals surface area contributed by atoms with E-state index in [0.29, 0.717) is 18.4 Å². The summed E-state index contributed by atoms with van der Waals surface area (Å²) in [7, 11) is -0.128. The third-order valence-electron chi connectivity index (χ3n) is 5.67. The van der Waals surface area contributed by atoms with Gasteiger partial charge in [-0.2, -0.15) is 0 Å². The molecule has 28 heavy (non-hydrogen) atoms. The molecule has 1 aliphatic rings. The number of rotatable bonds is 5. The van der Waals surface area contributed by atoms with Gasteiger partial charge in [0.25, 0.3) is 5.91 Å². The van der Waals surface area contributed by atoms with E-state index in [4.69, 9.17) is 4.74 Å². The van der Waals surface area contributed by atoms with Gasteiger partial charge in [-0.25, -0.2) is 0 Å². The van der Waals surface area contributed by atoms with Crippen molar-refractivity contribution in [3.63, 3.8) is 0 Å². The summed E-state index contributed by atoms with van der Waals surface area (Å²) in [5.74, 6) is 0.750. The molecule has 2 N–H and O–H groups in total. The molecule has 1 aliphatic heterocycles. The maximum absolute atomic E-state index is 13.2. The van der Waals surface area contributed by atoms with Crippen LogP contribution in [0.25, 0.3) is 0 Å². The van der Waals surface area contributed by atoms with E-state index in [1.54, 1.807) is 7.11 Å². The second-order valence-electron chi connectivity index (χ2n) is 7.56. The Morgan fingerprint density at radius 2 is 2.00 bits per heavy atom. The topological polar surface area (TPSA) is 87.1 Å². The fourth-order valence-electron chi connectivity index (χ4n) is 4.08. The van der Waals surface area contributed by atoms with Crippen LogP contribution in [0, 0.1) is 0 Å². The lowest BCUT2D eigenvalue weighted by molar-refractivity contribution is 0.0635. The van der Waals surface area contributed by atoms with E-state index in [0.717, 1.165) is 17.7 Å². The number of carbonyl (C=O) groups is 2. The molecule has 6 nitrogen and oxygen atoms in total. The molecule has 3 rings (SSSR count). The number of hydrogen-bond donors (Lipinski definition) is 2. The fourth-order valence-corrected chi connectivity index (χ4v) is 4.08. The SMILES string of the molecule is COc1cccc(C2CCN(C(=O)c3ccc(B(O)O)c(C=O)c3)C2(C)C)c1. The Hall–Kier alpha value is -2.64. The summed E-state index contributed by atoms with van der Waals surface area (Å²) in [6.45, 7) is 4.66. The number of amides is 1. The van der Waals surface area contributed by atoms with Crippen LogP contribution in [0.4, 0.5) is 0 Å². The van der Waals surface area contributed by atoms with Crippen molar-refractivity contribution in [3.8, 4) is 5.75 Å². The molecule has 0 radical (unpaired) electrons. The molecule has 1 unspecified atom stereocenters. The minimum absolute atomic E-state index is 0.0847. The summed E-state index contributed by atoms with van der Waals surface area (Å²) >= 11 is 0. The third-order valence-corrected chi connectivity index (χ3v) is 5.67. The predicted molar refractivity (Wildman–Crippen MR) is 107 cm³/mol. The Balaban J connectivity index is 1.90. The zero-order valence-electron chi connectivity index (χ0n) is 16.3. The first-order valence-electron chi connectivity index (χ1n) is 9.20. The molecule has 1 saturated heterocycles. The molecule has 0 bridgehead atoms. The lowest BCUT2D eigenvalue weighted by Crippen LogP contribution is -2.45. The highest BCUT2D eigenvalue weighted by atomic mass is 16.5. The second-order valence-corrected chi connectivity index (χ2v) is 7.56. The zero-order valence-corrected chi connectivity index (χ0v) is 16.3. The van der Waals surface area contributed by atoms with Crippen molar-refractivity contribution in [2.45, 2.75) is 31.7 Å². The number of aldehydes is 1. The van der Waals surface area contributed by atoms with Crippen LogP contribution in [0.5, 0.6) is 5.75 Å². The number of benzene rings is 2. The van der Waals surface area contributed by atoms with Crippen molar-refractivity contribution in [3.05, 3.63) is 59.2 Å². The summed E-state index contributed by atoms with van der Waals surface area (Å²) in [4.78, 5) is 26.3. The van der Waals surface area contributed by atoms with Crippen molar-refractivity contribution in [2.24, 2.45) is 0 Å². The predicted octanol–water partition coefficient (Wildman–Crippen LogP) is 1.60. The Morgan fingerprint density at radius 3 is 2.64 bits per heavy atom. The molecule has 146 valence electrons. The third kappa shape index (κ3) is 3.55. The molecule has 0 aliphatic carbocycles. The Bertz CT molecular complexity index is 896. The number of hydrogen-bond acceptors (Lipinski definition) is 5. The van der Waals surface area contributed by atoms with E-state index in [1.807, 2.05) is 43.0 Å². The second kappa shape index (κ2) is 7.77. The van der Waals surface area contributed by atoms with E-state index in [9.17, 15) is 19.6 Å². The molecule has 0 saturated carbocycles. The first kappa shape index (κ1) is 20.1. The highest BCUT2D eigenvalue weighted by Gasteiger charge is 2.44. The number of carbonyl (C=O) groups excluding carboxylic acids is 2. The van der Waals surface area contributed by atoms with Crippen LogP contribution in [0.15, 0.2) is 42.5 Å². The fraction of sp³-hybridized carbons (Fsp3) is 0.333. The van der Waals surface area contributed by atoms with Gasteiger partial charge in [0, 0.05) is 29.1 Å². The molecular formula is C21H24BNO5. The molecule has 1 fully saturated rings. The van der Waals surface area contributed by atoms with E-state index < -0.39 is 12.7 Å². The number of likely N-dealkylation sites (tertiary alicyclic amines) is 1. The zero-order chi connectivity index (χ0) is 20.5. The Morgan fingerprint density at radius 1 is 1.25 bits per heavy atom. The lowest BCUT2D eigenvalue weighted by Gasteiger charge is -2.36. The van der Waals surface area contributed by atoms with E-state index in [2.05, 4.69) is 0 Å². The van der Waals surface area contributed by atoms with E-state index >= 15 is 0 Å². The van der Waals surface area contributed by atoms with Crippen molar-refractivity contribution in [1.82, 2.24) is 4.90 Å². The quantitative estimate of drug-likeness (QED) is 0.607. The van der Waals surface area contributed by atoms with E-state index in [-0.39, 0.29) is 22.9 Å². The number of methoxy groups -OCH3 is 1. The number of ether oxygens (including phenoxy) is 1. The Kier molecular flexibility index (Phi) is 5.58. The van der Waals surface area contributed by atoms with Crippen LogP contribution in [-0.4, -0.2) is 53.5 Å². The summed E-state index contributed by atoms with van der Waals surface area (Å²) in [5, 5.41) is 18.7. The first-order valence-corrected chi connectivity index (χ1v) is 9.20. The highest BCUT2D eigenvalue weighted by Crippen LogP contribution is 2.43. The van der Waals surface area contributed by atoms with Gasteiger partial charge in [0.05, 0.1) is 7.11 Å². The van der Waals surface area contributed by atoms with Crippen LogP contribution >= 0.6 is 0 Å². The molecule has 2 aromatic rings. The van der Waals surface area contributed by atoms with Gasteiger partial charge in [-0.15, -0.1) is 0 Å². The largest absolute Gasteiger partial charge is 0.497 e. The molecule has 0 spiro atoms.